The Morgan fingerprint density at radius 1 is 1.11 bits per heavy atom. The van der Waals surface area contributed by atoms with Gasteiger partial charge in [-0.25, -0.2) is 13.4 Å². The summed E-state index contributed by atoms with van der Waals surface area (Å²) in [5.74, 6) is 0.640. The summed E-state index contributed by atoms with van der Waals surface area (Å²) in [7, 11) is -3.96. The van der Waals surface area contributed by atoms with Gasteiger partial charge in [0.25, 0.3) is 5.91 Å². The Kier molecular flexibility index (Phi) is 7.16. The van der Waals surface area contributed by atoms with Crippen molar-refractivity contribution in [2.75, 3.05) is 37.6 Å². The molecule has 0 bridgehead atoms. The topological polar surface area (TPSA) is 73.8 Å². The summed E-state index contributed by atoms with van der Waals surface area (Å²) >= 11 is 0. The molecule has 194 valence electrons. The molecule has 1 aromatic carbocycles. The Labute approximate surface area is 209 Å². The molecule has 2 aliphatic heterocycles. The highest BCUT2D eigenvalue weighted by molar-refractivity contribution is 7.89. The fourth-order valence-electron chi connectivity index (χ4n) is 4.56. The van der Waals surface area contributed by atoms with Crippen LogP contribution in [0.5, 0.6) is 0 Å². The number of benzene rings is 1. The molecule has 7 nitrogen and oxygen atoms in total. The number of aryl methyl sites for hydroxylation is 1. The van der Waals surface area contributed by atoms with Gasteiger partial charge in [-0.05, 0) is 50.1 Å². The lowest BCUT2D eigenvalue weighted by atomic mass is 10.1. The van der Waals surface area contributed by atoms with Crippen molar-refractivity contribution in [3.05, 3.63) is 71.4 Å². The second kappa shape index (κ2) is 9.85. The number of piperazine rings is 1. The average molecular weight is 523 g/mol. The predicted octanol–water partition coefficient (Wildman–Crippen LogP) is 4.02. The van der Waals surface area contributed by atoms with Crippen molar-refractivity contribution in [3.63, 3.8) is 0 Å². The minimum Gasteiger partial charge on any atom is -0.356 e. The molecule has 0 N–H and O–H groups in total. The van der Waals surface area contributed by atoms with Crippen LogP contribution in [-0.2, 0) is 16.2 Å². The van der Waals surface area contributed by atoms with Crippen LogP contribution < -0.4 is 4.90 Å². The average Bonchev–Trinajstić information content (AvgIpc) is 2.77. The summed E-state index contributed by atoms with van der Waals surface area (Å²) < 4.78 is 66.8. The van der Waals surface area contributed by atoms with Crippen LogP contribution in [0, 0.1) is 6.92 Å². The second-order valence-corrected chi connectivity index (χ2v) is 11.2. The van der Waals surface area contributed by atoms with Gasteiger partial charge < -0.3 is 9.80 Å². The first-order chi connectivity index (χ1) is 16.9. The van der Waals surface area contributed by atoms with Gasteiger partial charge in [0.05, 0.1) is 16.8 Å². The van der Waals surface area contributed by atoms with Crippen LogP contribution in [0.3, 0.4) is 0 Å². The monoisotopic (exact) mass is 522 g/mol. The second-order valence-electron chi connectivity index (χ2n) is 9.17. The molecule has 0 radical (unpaired) electrons. The first-order valence-corrected chi connectivity index (χ1v) is 13.3. The summed E-state index contributed by atoms with van der Waals surface area (Å²) in [6.45, 7) is 9.40. The van der Waals surface area contributed by atoms with E-state index in [1.807, 2.05) is 6.07 Å². The van der Waals surface area contributed by atoms with Crippen molar-refractivity contribution in [2.24, 2.45) is 0 Å². The molecule has 11 heteroatoms. The highest BCUT2D eigenvalue weighted by atomic mass is 32.2. The summed E-state index contributed by atoms with van der Waals surface area (Å²) in [6.07, 6.45) is -2.17. The number of pyridine rings is 1. The van der Waals surface area contributed by atoms with Crippen molar-refractivity contribution in [3.8, 4) is 0 Å². The molecule has 2 saturated heterocycles. The molecular weight excluding hydrogens is 493 g/mol. The molecule has 2 atom stereocenters. The van der Waals surface area contributed by atoms with Crippen LogP contribution in [0.4, 0.5) is 19.0 Å². The first kappa shape index (κ1) is 26.2. The number of amides is 1. The van der Waals surface area contributed by atoms with E-state index in [0.29, 0.717) is 11.3 Å². The number of aromatic nitrogens is 1. The lowest BCUT2D eigenvalue weighted by molar-refractivity contribution is -0.137. The van der Waals surface area contributed by atoms with Gasteiger partial charge in [-0.2, -0.15) is 17.5 Å². The number of alkyl halides is 3. The highest BCUT2D eigenvalue weighted by Gasteiger charge is 2.38. The third-order valence-corrected chi connectivity index (χ3v) is 8.95. The molecule has 2 aliphatic rings. The molecular formula is C25H29F3N4O3S. The molecule has 0 saturated carbocycles. The van der Waals surface area contributed by atoms with E-state index in [0.717, 1.165) is 49.6 Å². The largest absolute Gasteiger partial charge is 0.416 e. The van der Waals surface area contributed by atoms with Gasteiger partial charge in [-0.15, -0.1) is 6.58 Å². The molecule has 1 aromatic heterocycles. The van der Waals surface area contributed by atoms with E-state index in [2.05, 4.69) is 16.5 Å². The van der Waals surface area contributed by atoms with Gasteiger partial charge >= 0.3 is 6.18 Å². The van der Waals surface area contributed by atoms with Gasteiger partial charge in [0, 0.05) is 38.8 Å². The fourth-order valence-corrected chi connectivity index (χ4v) is 6.38. The Bertz CT molecular complexity index is 1240. The van der Waals surface area contributed by atoms with E-state index in [1.165, 1.54) is 10.4 Å². The van der Waals surface area contributed by atoms with E-state index >= 15 is 0 Å². The smallest absolute Gasteiger partial charge is 0.356 e. The van der Waals surface area contributed by atoms with Gasteiger partial charge in [-0.1, -0.05) is 18.2 Å². The Hall–Kier alpha value is -2.92. The minimum absolute atomic E-state index is 0.0669. The van der Waals surface area contributed by atoms with Crippen LogP contribution in [0.15, 0.2) is 49.1 Å². The van der Waals surface area contributed by atoms with Crippen molar-refractivity contribution in [1.82, 2.24) is 14.2 Å². The maximum Gasteiger partial charge on any atom is 0.416 e. The quantitative estimate of drug-likeness (QED) is 0.536. The molecule has 3 heterocycles. The van der Waals surface area contributed by atoms with Crippen LogP contribution in [0.25, 0.3) is 0 Å². The zero-order valence-corrected chi connectivity index (χ0v) is 21.0. The molecule has 2 fully saturated rings. The molecule has 1 amide bonds. The van der Waals surface area contributed by atoms with Gasteiger partial charge in [0.2, 0.25) is 10.0 Å². The van der Waals surface area contributed by atoms with E-state index in [9.17, 15) is 26.4 Å². The van der Waals surface area contributed by atoms with Crippen LogP contribution in [0.2, 0.25) is 0 Å². The number of anilines is 1. The number of carbonyl (C=O) groups excluding carboxylic acids is 1. The molecule has 4 rings (SSSR count). The van der Waals surface area contributed by atoms with Crippen molar-refractivity contribution in [2.45, 2.75) is 37.7 Å². The Balaban J connectivity index is 1.47. The number of hydrogen-bond donors (Lipinski definition) is 0. The number of carbonyl (C=O) groups is 1. The van der Waals surface area contributed by atoms with Crippen LogP contribution >= 0.6 is 0 Å². The fraction of sp³-hybridized carbons (Fsp3) is 0.440. The number of rotatable bonds is 6. The zero-order valence-electron chi connectivity index (χ0n) is 20.2. The van der Waals surface area contributed by atoms with E-state index in [4.69, 9.17) is 0 Å². The molecule has 36 heavy (non-hydrogen) atoms. The van der Waals surface area contributed by atoms with Crippen LogP contribution in [0.1, 0.15) is 45.8 Å². The lowest BCUT2D eigenvalue weighted by Gasteiger charge is -2.40. The summed E-state index contributed by atoms with van der Waals surface area (Å²) in [4.78, 5) is 21.6. The number of halogens is 3. The molecule has 2 unspecified atom stereocenters. The standard InChI is InChI=1S/C25H29F3N4O3S/c1-4-22(19-6-8-20(9-7-19)25(26,27)28)36(34,35)31-14-15-32(17(2)16-31)24(33)21-10-11-23(29-18(21)3)30-12-5-13-30/h4,6-11,17,22H,1,5,12-16H2,2-3H3. The van der Waals surface area contributed by atoms with Crippen molar-refractivity contribution < 1.29 is 26.4 Å². The highest BCUT2D eigenvalue weighted by Crippen LogP contribution is 2.33. The van der Waals surface area contributed by atoms with Crippen LogP contribution in [-0.4, -0.2) is 67.3 Å². The maximum atomic E-state index is 13.4. The summed E-state index contributed by atoms with van der Waals surface area (Å²) in [5, 5.41) is -1.20. The van der Waals surface area contributed by atoms with Gasteiger partial charge in [-0.3, -0.25) is 4.79 Å². The Morgan fingerprint density at radius 2 is 1.78 bits per heavy atom. The molecule has 0 spiro atoms. The molecule has 0 aliphatic carbocycles. The van der Waals surface area contributed by atoms with E-state index in [-0.39, 0.29) is 31.1 Å². The zero-order chi connectivity index (χ0) is 26.3. The third-order valence-electron chi connectivity index (χ3n) is 6.79. The first-order valence-electron chi connectivity index (χ1n) is 11.8. The number of nitrogens with zero attached hydrogens (tertiary/aromatic N) is 4. The SMILES string of the molecule is C=CC(c1ccc(C(F)(F)F)cc1)S(=O)(=O)N1CCN(C(=O)c2ccc(N3CCC3)nc2C)C(C)C1. The normalized spacial score (nSPS) is 20.1. The summed E-state index contributed by atoms with van der Waals surface area (Å²) in [6, 6.07) is 7.25. The number of hydrogen-bond acceptors (Lipinski definition) is 5. The minimum atomic E-state index is -4.51. The lowest BCUT2D eigenvalue weighted by Crippen LogP contribution is -2.56. The maximum absolute atomic E-state index is 13.4. The molecule has 2 aromatic rings. The van der Waals surface area contributed by atoms with Crippen molar-refractivity contribution >= 4 is 21.7 Å². The van der Waals surface area contributed by atoms with Gasteiger partial charge in [0.1, 0.15) is 11.1 Å². The number of sulfonamides is 1. The summed E-state index contributed by atoms with van der Waals surface area (Å²) in [5.41, 5.74) is 0.458. The van der Waals surface area contributed by atoms with Gasteiger partial charge in [0.15, 0.2) is 0 Å². The van der Waals surface area contributed by atoms with Crippen molar-refractivity contribution in [1.29, 1.82) is 0 Å². The Morgan fingerprint density at radius 3 is 2.28 bits per heavy atom. The predicted molar refractivity (Wildman–Crippen MR) is 131 cm³/mol. The third kappa shape index (κ3) is 4.99. The van der Waals surface area contributed by atoms with E-state index in [1.54, 1.807) is 24.8 Å². The van der Waals surface area contributed by atoms with E-state index < -0.39 is 33.1 Å².